The number of fused-ring (bicyclic) bond motifs is 13. The van der Waals surface area contributed by atoms with Gasteiger partial charge in [-0.05, 0) is 47.2 Å². The Bertz CT molecular complexity index is 3300. The fourth-order valence-electron chi connectivity index (χ4n) is 8.12. The lowest BCUT2D eigenvalue weighted by Crippen LogP contribution is -2.13. The van der Waals surface area contributed by atoms with Crippen LogP contribution in [-0.2, 0) is 0 Å². The molecular formula is C42H18O6. The quantitative estimate of drug-likeness (QED) is 0.125. The highest BCUT2D eigenvalue weighted by molar-refractivity contribution is 6.41. The van der Waals surface area contributed by atoms with Crippen LogP contribution in [0, 0.1) is 0 Å². The summed E-state index contributed by atoms with van der Waals surface area (Å²) in [5.41, 5.74) is 0.844. The normalized spacial score (nSPS) is 12.5. The van der Waals surface area contributed by atoms with Gasteiger partial charge in [-0.1, -0.05) is 72.8 Å². The first-order valence-corrected chi connectivity index (χ1v) is 15.6. The summed E-state index contributed by atoms with van der Waals surface area (Å²) in [5, 5.41) is 9.23. The van der Waals surface area contributed by atoms with E-state index in [0.717, 1.165) is 32.3 Å². The zero-order valence-corrected chi connectivity index (χ0v) is 24.8. The van der Waals surface area contributed by atoms with E-state index in [4.69, 9.17) is 8.83 Å². The first kappa shape index (κ1) is 25.5. The maximum absolute atomic E-state index is 14.0. The summed E-state index contributed by atoms with van der Waals surface area (Å²) in [5.74, 6) is 0. The highest BCUT2D eigenvalue weighted by Gasteiger charge is 2.24. The average Bonchev–Trinajstić information content (AvgIpc) is 3.13. The molecule has 9 aromatic carbocycles. The maximum atomic E-state index is 14.0. The molecule has 0 fully saturated rings. The molecule has 6 nitrogen and oxygen atoms in total. The van der Waals surface area contributed by atoms with E-state index in [0.29, 0.717) is 65.4 Å². The Morgan fingerprint density at radius 1 is 0.271 bits per heavy atom. The molecule has 0 aliphatic rings. The first-order chi connectivity index (χ1) is 23.5. The standard InChI is InChI=1S/C42H18O6/c43-37-21-9-3-5-11-23(21)39(45)33-25(37)13-15-27-31-19-7-1-2-8-20(19)32-28-16-14-26-34(40(46)24-12-6-4-10-22(24)38(26)44)42(28)48-30-18-17-29(47-41(27)33)35(31)36(30)32/h1-18H. The van der Waals surface area contributed by atoms with Crippen LogP contribution >= 0.6 is 0 Å². The molecule has 0 N–H and O–H groups in total. The van der Waals surface area contributed by atoms with Crippen LogP contribution in [0.3, 0.4) is 0 Å². The molecule has 0 amide bonds. The van der Waals surface area contributed by atoms with E-state index in [9.17, 15) is 19.2 Å². The second-order valence-electron chi connectivity index (χ2n) is 12.4. The summed E-state index contributed by atoms with van der Waals surface area (Å²) in [6.45, 7) is 0. The molecule has 0 unspecified atom stereocenters. The average molecular weight is 619 g/mol. The molecule has 222 valence electrons. The van der Waals surface area contributed by atoms with Crippen molar-refractivity contribution in [1.29, 1.82) is 0 Å². The monoisotopic (exact) mass is 618 g/mol. The van der Waals surface area contributed by atoms with Crippen molar-refractivity contribution in [2.75, 3.05) is 0 Å². The van der Waals surface area contributed by atoms with Crippen molar-refractivity contribution >= 4 is 109 Å². The Balaban J connectivity index is 1.41. The molecule has 11 rings (SSSR count). The lowest BCUT2D eigenvalue weighted by atomic mass is 9.88. The number of hydrogen-bond acceptors (Lipinski definition) is 6. The van der Waals surface area contributed by atoms with E-state index in [2.05, 4.69) is 0 Å². The molecule has 2 aromatic heterocycles. The molecular weight excluding hydrogens is 600 g/mol. The van der Waals surface area contributed by atoms with Crippen LogP contribution in [0.5, 0.6) is 0 Å². The van der Waals surface area contributed by atoms with Gasteiger partial charge in [0.2, 0.25) is 0 Å². The largest absolute Gasteiger partial charge is 0.455 e. The topological polar surface area (TPSA) is 94.6 Å². The van der Waals surface area contributed by atoms with Crippen molar-refractivity contribution in [2.24, 2.45) is 0 Å². The van der Waals surface area contributed by atoms with E-state index < -0.39 is 0 Å². The summed E-state index contributed by atoms with van der Waals surface area (Å²) in [6, 6.07) is 32.5. The van der Waals surface area contributed by atoms with Gasteiger partial charge < -0.3 is 8.83 Å². The zero-order chi connectivity index (χ0) is 32.0. The number of benzene rings is 9. The van der Waals surface area contributed by atoms with Crippen LogP contribution in [0.15, 0.2) is 137 Å². The molecule has 11 aromatic rings. The molecule has 0 saturated heterocycles. The highest BCUT2D eigenvalue weighted by atomic mass is 16.3. The van der Waals surface area contributed by atoms with E-state index in [-0.39, 0.29) is 32.5 Å². The fourth-order valence-corrected chi connectivity index (χ4v) is 8.12. The Morgan fingerprint density at radius 2 is 0.604 bits per heavy atom. The Morgan fingerprint density at radius 3 is 1.00 bits per heavy atom. The molecule has 0 bridgehead atoms. The van der Waals surface area contributed by atoms with Crippen molar-refractivity contribution in [2.45, 2.75) is 0 Å². The molecule has 0 saturated carbocycles. The van der Waals surface area contributed by atoms with Gasteiger partial charge in [0.05, 0.1) is 10.8 Å². The van der Waals surface area contributed by atoms with E-state index in [1.165, 1.54) is 0 Å². The maximum Gasteiger partial charge on any atom is 0.198 e. The summed E-state index contributed by atoms with van der Waals surface area (Å²) in [4.78, 5) is 55.1. The Kier molecular flexibility index (Phi) is 4.56. The molecule has 2 heterocycles. The molecule has 0 spiro atoms. The van der Waals surface area contributed by atoms with Crippen LogP contribution in [-0.4, -0.2) is 0 Å². The van der Waals surface area contributed by atoms with Crippen molar-refractivity contribution in [1.82, 2.24) is 0 Å². The van der Waals surface area contributed by atoms with Crippen LogP contribution in [0.4, 0.5) is 0 Å². The summed E-state index contributed by atoms with van der Waals surface area (Å²) in [7, 11) is 0. The lowest BCUT2D eigenvalue weighted by Gasteiger charge is -2.18. The van der Waals surface area contributed by atoms with E-state index in [1.807, 2.05) is 36.4 Å². The van der Waals surface area contributed by atoms with Crippen molar-refractivity contribution in [3.8, 4) is 0 Å². The van der Waals surface area contributed by atoms with Gasteiger partial charge in [0, 0.05) is 64.6 Å². The SMILES string of the molecule is O=c1c2ccccc2c(=O)c2c1ccc1c2oc2ccc3oc4c(ccc5c(=O)c6ccccc6c(=O)c54)c4c5ccccc5c1c2c34. The minimum absolute atomic E-state index is 0.212. The lowest BCUT2D eigenvalue weighted by molar-refractivity contribution is 0.658. The smallest absolute Gasteiger partial charge is 0.198 e. The molecule has 6 heteroatoms. The second-order valence-corrected chi connectivity index (χ2v) is 12.4. The van der Waals surface area contributed by atoms with Gasteiger partial charge in [0.25, 0.3) is 0 Å². The van der Waals surface area contributed by atoms with Crippen molar-refractivity contribution < 1.29 is 8.83 Å². The Labute approximate surface area is 266 Å². The third kappa shape index (κ3) is 2.89. The summed E-state index contributed by atoms with van der Waals surface area (Å²) >= 11 is 0. The Hall–Kier alpha value is -6.66. The highest BCUT2D eigenvalue weighted by Crippen LogP contribution is 2.47. The second kappa shape index (κ2) is 8.57. The van der Waals surface area contributed by atoms with E-state index >= 15 is 0 Å². The summed E-state index contributed by atoms with van der Waals surface area (Å²) < 4.78 is 13.3. The molecule has 0 aliphatic heterocycles. The predicted molar refractivity (Wildman–Crippen MR) is 193 cm³/mol. The van der Waals surface area contributed by atoms with Gasteiger partial charge in [-0.25, -0.2) is 0 Å². The van der Waals surface area contributed by atoms with Crippen LogP contribution < -0.4 is 21.7 Å². The zero-order valence-electron chi connectivity index (χ0n) is 24.8. The number of rotatable bonds is 0. The van der Waals surface area contributed by atoms with Gasteiger partial charge in [0.1, 0.15) is 22.3 Å². The van der Waals surface area contributed by atoms with Gasteiger partial charge in [-0.15, -0.1) is 0 Å². The molecule has 0 aliphatic carbocycles. The first-order valence-electron chi connectivity index (χ1n) is 15.6. The van der Waals surface area contributed by atoms with E-state index in [1.54, 1.807) is 72.8 Å². The van der Waals surface area contributed by atoms with Crippen LogP contribution in [0.25, 0.3) is 109 Å². The van der Waals surface area contributed by atoms with Gasteiger partial charge in [-0.3, -0.25) is 19.2 Å². The van der Waals surface area contributed by atoms with Gasteiger partial charge in [0.15, 0.2) is 21.7 Å². The van der Waals surface area contributed by atoms with Crippen molar-refractivity contribution in [3.05, 3.63) is 150 Å². The minimum atomic E-state index is -0.252. The predicted octanol–water partition coefficient (Wildman–Crippen LogP) is 8.72. The van der Waals surface area contributed by atoms with Gasteiger partial charge >= 0.3 is 0 Å². The summed E-state index contributed by atoms with van der Waals surface area (Å²) in [6.07, 6.45) is 0. The van der Waals surface area contributed by atoms with Crippen LogP contribution in [0.2, 0.25) is 0 Å². The molecule has 0 atom stereocenters. The number of hydrogen-bond donors (Lipinski definition) is 0. The van der Waals surface area contributed by atoms with Crippen molar-refractivity contribution in [3.63, 3.8) is 0 Å². The molecule has 48 heavy (non-hydrogen) atoms. The molecule has 0 radical (unpaired) electrons. The third-order valence-electron chi connectivity index (χ3n) is 10.1. The van der Waals surface area contributed by atoms with Crippen LogP contribution in [0.1, 0.15) is 0 Å². The minimum Gasteiger partial charge on any atom is -0.455 e. The third-order valence-corrected chi connectivity index (χ3v) is 10.1. The van der Waals surface area contributed by atoms with Gasteiger partial charge in [-0.2, -0.15) is 0 Å². The fraction of sp³-hybridized carbons (Fsp3) is 0.